The van der Waals surface area contributed by atoms with Crippen molar-refractivity contribution in [3.63, 3.8) is 0 Å². The molecule has 0 aliphatic carbocycles. The van der Waals surface area contributed by atoms with Crippen molar-refractivity contribution in [2.45, 2.75) is 0 Å². The molecule has 0 spiro atoms. The molecule has 0 fully saturated rings. The van der Waals surface area contributed by atoms with E-state index in [1.807, 2.05) is 91.0 Å². The molecule has 0 radical (unpaired) electrons. The molecule has 4 N–H and O–H groups in total. The fourth-order valence-electron chi connectivity index (χ4n) is 1.03. The summed E-state index contributed by atoms with van der Waals surface area (Å²) in [5, 5.41) is 0. The Morgan fingerprint density at radius 2 is 0.524 bits per heavy atom. The van der Waals surface area contributed by atoms with Crippen LogP contribution in [0.5, 0.6) is 0 Å². The second-order valence-corrected chi connectivity index (χ2v) is 3.23. The Balaban J connectivity index is -0.000000216. The molecule has 0 aliphatic heterocycles. The number of benzene rings is 3. The number of hydrogen-bond acceptors (Lipinski definition) is 0. The van der Waals surface area contributed by atoms with Crippen LogP contribution >= 0.6 is 0 Å². The summed E-state index contributed by atoms with van der Waals surface area (Å²) < 4.78 is 0. The van der Waals surface area contributed by atoms with E-state index < -0.39 is 0 Å². The Kier molecular flexibility index (Phi) is 23.8. The molecule has 3 rings (SSSR count). The maximum absolute atomic E-state index is 2.89. The van der Waals surface area contributed by atoms with Crippen LogP contribution in [0.4, 0.5) is 0 Å². The Labute approximate surface area is 141 Å². The maximum atomic E-state index is 2.89. The molecular weight excluding hydrogens is 443 g/mol. The van der Waals surface area contributed by atoms with Gasteiger partial charge in [0.05, 0.1) is 0 Å². The van der Waals surface area contributed by atoms with Gasteiger partial charge in [-0.2, -0.15) is 109 Å². The van der Waals surface area contributed by atoms with E-state index >= 15 is 0 Å². The third-order valence-corrected chi connectivity index (χ3v) is 1.82. The molecule has 0 unspecified atom stereocenters. The first-order valence-electron chi connectivity index (χ1n) is 5.73. The summed E-state index contributed by atoms with van der Waals surface area (Å²) in [7, 11) is 0. The first kappa shape index (κ1) is 24.3. The fraction of sp³-hybridized carbons (Fsp3) is 0. The molecule has 116 valence electrons. The fourth-order valence-corrected chi connectivity index (χ4v) is 1.03. The summed E-state index contributed by atoms with van der Waals surface area (Å²) in [5.41, 5.74) is 0. The van der Waals surface area contributed by atoms with Crippen LogP contribution in [-0.4, -0.2) is 11.0 Å². The van der Waals surface area contributed by atoms with Gasteiger partial charge in [-0.1, -0.05) is 0 Å². The van der Waals surface area contributed by atoms with E-state index in [9.17, 15) is 0 Å². The molecule has 21 heavy (non-hydrogen) atoms. The topological polar surface area (TPSA) is 63.0 Å². The van der Waals surface area contributed by atoms with Crippen molar-refractivity contribution in [3.05, 3.63) is 109 Å². The zero-order chi connectivity index (χ0) is 12.7. The smallest absolute Gasteiger partial charge is 0 e. The Morgan fingerprint density at radius 3 is 0.571 bits per heavy atom. The molecule has 3 heteroatoms. The van der Waals surface area contributed by atoms with Crippen LogP contribution in [0.25, 0.3) is 0 Å². The van der Waals surface area contributed by atoms with Crippen molar-refractivity contribution in [1.82, 2.24) is 0 Å². The third kappa shape index (κ3) is 18.3. The predicted octanol–water partition coefficient (Wildman–Crippen LogP) is 2.81. The standard InChI is InChI=1S/3C6H5.2H2O.Pt/c3*1-2-4-6-5-3-1;;;/h3*1-5H;2*1H2;/q3*-1;;;. The van der Waals surface area contributed by atoms with E-state index in [2.05, 4.69) is 18.2 Å². The van der Waals surface area contributed by atoms with Gasteiger partial charge in [0.25, 0.3) is 0 Å². The van der Waals surface area contributed by atoms with Gasteiger partial charge in [-0.25, -0.2) is 0 Å². The molecule has 2 nitrogen and oxygen atoms in total. The Morgan fingerprint density at radius 1 is 0.333 bits per heavy atom. The molecular formula is C18H19O2Pt-3. The van der Waals surface area contributed by atoms with Crippen molar-refractivity contribution in [3.8, 4) is 0 Å². The quantitative estimate of drug-likeness (QED) is 0.462. The van der Waals surface area contributed by atoms with E-state index in [4.69, 9.17) is 0 Å². The van der Waals surface area contributed by atoms with Gasteiger partial charge in [0.1, 0.15) is 0 Å². The zero-order valence-electron chi connectivity index (χ0n) is 11.5. The molecule has 0 saturated heterocycles. The van der Waals surface area contributed by atoms with Gasteiger partial charge in [0, 0.05) is 21.1 Å². The zero-order valence-corrected chi connectivity index (χ0v) is 13.7. The van der Waals surface area contributed by atoms with Gasteiger partial charge in [-0.05, 0) is 0 Å². The monoisotopic (exact) mass is 462 g/mol. The summed E-state index contributed by atoms with van der Waals surface area (Å²) in [6.45, 7) is 0. The summed E-state index contributed by atoms with van der Waals surface area (Å²) >= 11 is 0. The molecule has 3 aromatic rings. The van der Waals surface area contributed by atoms with Crippen LogP contribution in [0.15, 0.2) is 91.0 Å². The summed E-state index contributed by atoms with van der Waals surface area (Å²) in [4.78, 5) is 0. The van der Waals surface area contributed by atoms with E-state index in [-0.39, 0.29) is 32.0 Å². The normalized spacial score (nSPS) is 6.86. The second kappa shape index (κ2) is 20.6. The average molecular weight is 462 g/mol. The molecule has 0 atom stereocenters. The van der Waals surface area contributed by atoms with Crippen molar-refractivity contribution in [1.29, 1.82) is 0 Å². The minimum Gasteiger partial charge on any atom is -0.412 e. The molecule has 0 aliphatic rings. The summed E-state index contributed by atoms with van der Waals surface area (Å²) in [5.74, 6) is 0. The molecule has 0 amide bonds. The van der Waals surface area contributed by atoms with Gasteiger partial charge in [0.2, 0.25) is 0 Å². The third-order valence-electron chi connectivity index (χ3n) is 1.82. The van der Waals surface area contributed by atoms with Crippen LogP contribution in [0, 0.1) is 18.2 Å². The second-order valence-electron chi connectivity index (χ2n) is 3.23. The largest absolute Gasteiger partial charge is 0.412 e. The molecule has 0 aromatic heterocycles. The average Bonchev–Trinajstić information content (AvgIpc) is 2.54. The van der Waals surface area contributed by atoms with Crippen LogP contribution < -0.4 is 0 Å². The molecule has 0 bridgehead atoms. The van der Waals surface area contributed by atoms with Gasteiger partial charge < -0.3 is 11.0 Å². The minimum absolute atomic E-state index is 0. The first-order valence-corrected chi connectivity index (χ1v) is 5.73. The van der Waals surface area contributed by atoms with Crippen LogP contribution in [0.3, 0.4) is 0 Å². The molecule has 0 saturated carbocycles. The van der Waals surface area contributed by atoms with E-state index in [1.165, 1.54) is 0 Å². The predicted molar refractivity (Wildman–Crippen MR) is 83.1 cm³/mol. The van der Waals surface area contributed by atoms with Gasteiger partial charge in [0.15, 0.2) is 0 Å². The van der Waals surface area contributed by atoms with Gasteiger partial charge >= 0.3 is 0 Å². The van der Waals surface area contributed by atoms with Crippen molar-refractivity contribution < 1.29 is 32.0 Å². The molecule has 3 aromatic carbocycles. The minimum atomic E-state index is 0. The van der Waals surface area contributed by atoms with Crippen molar-refractivity contribution in [2.24, 2.45) is 0 Å². The number of rotatable bonds is 0. The van der Waals surface area contributed by atoms with E-state index in [1.54, 1.807) is 0 Å². The van der Waals surface area contributed by atoms with Crippen LogP contribution in [0.1, 0.15) is 0 Å². The summed E-state index contributed by atoms with van der Waals surface area (Å²) in [6.07, 6.45) is 0. The van der Waals surface area contributed by atoms with E-state index in [0.717, 1.165) is 0 Å². The molecule has 0 heterocycles. The van der Waals surface area contributed by atoms with Crippen molar-refractivity contribution >= 4 is 0 Å². The maximum Gasteiger partial charge on any atom is 0 e. The van der Waals surface area contributed by atoms with E-state index in [0.29, 0.717) is 0 Å². The van der Waals surface area contributed by atoms with Gasteiger partial charge in [-0.15, -0.1) is 0 Å². The van der Waals surface area contributed by atoms with Crippen molar-refractivity contribution in [2.75, 3.05) is 0 Å². The van der Waals surface area contributed by atoms with Gasteiger partial charge in [-0.3, -0.25) is 0 Å². The van der Waals surface area contributed by atoms with Crippen LogP contribution in [-0.2, 0) is 21.1 Å². The number of hydrogen-bond donors (Lipinski definition) is 0. The first-order chi connectivity index (χ1) is 9.00. The Bertz CT molecular complexity index is 306. The SMILES string of the molecule is O.O.[Pt].[c-]1ccccc1.[c-]1ccccc1.[c-]1ccccc1. The summed E-state index contributed by atoms with van der Waals surface area (Å²) in [6, 6.07) is 37.5. The van der Waals surface area contributed by atoms with Crippen LogP contribution in [0.2, 0.25) is 0 Å². The Hall–Kier alpha value is -1.73.